The van der Waals surface area contributed by atoms with Crippen LogP contribution in [-0.2, 0) is 20.9 Å². The van der Waals surface area contributed by atoms with Crippen molar-refractivity contribution in [1.82, 2.24) is 9.78 Å². The molecule has 3 aromatic rings. The Morgan fingerprint density at radius 1 is 1.14 bits per heavy atom. The van der Waals surface area contributed by atoms with E-state index in [2.05, 4.69) is 10.4 Å². The Balaban J connectivity index is 1.70. The summed E-state index contributed by atoms with van der Waals surface area (Å²) in [6.07, 6.45) is -1.37. The molecule has 2 aromatic carbocycles. The van der Waals surface area contributed by atoms with E-state index in [1.165, 1.54) is 19.1 Å². The molecule has 1 aromatic heterocycles. The van der Waals surface area contributed by atoms with Crippen LogP contribution in [0.25, 0.3) is 10.8 Å². The number of anilines is 1. The number of esters is 1. The Kier molecular flexibility index (Phi) is 5.53. The number of benzene rings is 2. The number of rotatable bonds is 5. The zero-order chi connectivity index (χ0) is 21.1. The van der Waals surface area contributed by atoms with Gasteiger partial charge in [-0.05, 0) is 31.2 Å². The molecule has 0 fully saturated rings. The van der Waals surface area contributed by atoms with Gasteiger partial charge in [0.05, 0.1) is 16.5 Å². The highest BCUT2D eigenvalue weighted by atomic mass is 19.1. The molecule has 0 saturated carbocycles. The molecule has 0 spiro atoms. The van der Waals surface area contributed by atoms with E-state index in [0.29, 0.717) is 0 Å². The van der Waals surface area contributed by atoms with E-state index in [0.717, 1.165) is 22.9 Å². The first kappa shape index (κ1) is 19.9. The van der Waals surface area contributed by atoms with E-state index in [-0.39, 0.29) is 10.8 Å². The van der Waals surface area contributed by atoms with Gasteiger partial charge in [0.1, 0.15) is 18.2 Å². The molecule has 8 nitrogen and oxygen atoms in total. The molecule has 1 atom stereocenters. The van der Waals surface area contributed by atoms with Gasteiger partial charge >= 0.3 is 5.97 Å². The van der Waals surface area contributed by atoms with Gasteiger partial charge in [0, 0.05) is 6.07 Å². The summed E-state index contributed by atoms with van der Waals surface area (Å²) in [6.45, 7) is 0.571. The van der Waals surface area contributed by atoms with Crippen LogP contribution in [0.4, 0.5) is 14.5 Å². The third-order valence-electron chi connectivity index (χ3n) is 4.03. The predicted octanol–water partition coefficient (Wildman–Crippen LogP) is 1.54. The molecular weight excluding hydrogens is 388 g/mol. The lowest BCUT2D eigenvalue weighted by Gasteiger charge is -2.14. The normalized spacial score (nSPS) is 11.8. The van der Waals surface area contributed by atoms with Crippen LogP contribution in [0.1, 0.15) is 6.92 Å². The highest BCUT2D eigenvalue weighted by molar-refractivity contribution is 5.95. The first-order chi connectivity index (χ1) is 13.8. The molecule has 29 heavy (non-hydrogen) atoms. The number of hydrogen-bond acceptors (Lipinski definition) is 5. The maximum Gasteiger partial charge on any atom is 0.328 e. The molecule has 0 bridgehead atoms. The Morgan fingerprint density at radius 3 is 2.55 bits per heavy atom. The number of nitrogens with zero attached hydrogens (tertiary/aromatic N) is 1. The summed E-state index contributed by atoms with van der Waals surface area (Å²) in [5, 5.41) is 4.66. The van der Waals surface area contributed by atoms with Gasteiger partial charge in [0.25, 0.3) is 17.0 Å². The Bertz CT molecular complexity index is 1220. The number of carbonyl (C=O) groups excluding carboxylic acids is 2. The number of nitrogens with one attached hydrogen (secondary N) is 2. The number of amides is 1. The van der Waals surface area contributed by atoms with Gasteiger partial charge in [0.2, 0.25) is 0 Å². The number of fused-ring (bicyclic) bond motifs is 1. The molecule has 0 aliphatic rings. The van der Waals surface area contributed by atoms with Crippen molar-refractivity contribution in [3.8, 4) is 0 Å². The molecule has 1 unspecified atom stereocenters. The van der Waals surface area contributed by atoms with E-state index in [9.17, 15) is 28.0 Å². The Hall–Kier alpha value is -3.82. The molecule has 3 rings (SSSR count). The summed E-state index contributed by atoms with van der Waals surface area (Å²) < 4.78 is 32.4. The highest BCUT2D eigenvalue weighted by Crippen LogP contribution is 2.15. The molecule has 2 N–H and O–H groups in total. The van der Waals surface area contributed by atoms with E-state index in [4.69, 9.17) is 4.74 Å². The Morgan fingerprint density at radius 2 is 1.83 bits per heavy atom. The minimum Gasteiger partial charge on any atom is -0.451 e. The second kappa shape index (κ2) is 8.05. The van der Waals surface area contributed by atoms with Crippen LogP contribution in [0.3, 0.4) is 0 Å². The zero-order valence-corrected chi connectivity index (χ0v) is 15.1. The van der Waals surface area contributed by atoms with Gasteiger partial charge in [-0.25, -0.2) is 13.5 Å². The van der Waals surface area contributed by atoms with Crippen molar-refractivity contribution < 1.29 is 23.1 Å². The predicted molar refractivity (Wildman–Crippen MR) is 99.4 cm³/mol. The number of carbonyl (C=O) groups is 2. The van der Waals surface area contributed by atoms with Crippen LogP contribution < -0.4 is 16.4 Å². The van der Waals surface area contributed by atoms with Crippen molar-refractivity contribution in [2.75, 3.05) is 5.32 Å². The molecular formula is C19H15F2N3O5. The summed E-state index contributed by atoms with van der Waals surface area (Å²) in [4.78, 5) is 48.5. The number of ether oxygens (including phenoxy) is 1. The first-order valence-corrected chi connectivity index (χ1v) is 8.43. The molecule has 0 saturated heterocycles. The minimum absolute atomic E-state index is 0.122. The van der Waals surface area contributed by atoms with Gasteiger partial charge in [0.15, 0.2) is 6.10 Å². The quantitative estimate of drug-likeness (QED) is 0.628. The summed E-state index contributed by atoms with van der Waals surface area (Å²) in [5.74, 6) is -3.51. The maximum absolute atomic E-state index is 13.6. The van der Waals surface area contributed by atoms with Crippen LogP contribution >= 0.6 is 0 Å². The molecule has 0 aliphatic carbocycles. The first-order valence-electron chi connectivity index (χ1n) is 8.43. The van der Waals surface area contributed by atoms with Crippen LogP contribution in [0, 0.1) is 11.6 Å². The summed E-state index contributed by atoms with van der Waals surface area (Å²) >= 11 is 0. The second-order valence-corrected chi connectivity index (χ2v) is 6.12. The molecule has 1 heterocycles. The molecule has 0 radical (unpaired) electrons. The van der Waals surface area contributed by atoms with E-state index in [1.807, 2.05) is 0 Å². The van der Waals surface area contributed by atoms with Gasteiger partial charge in [-0.3, -0.25) is 24.3 Å². The molecule has 150 valence electrons. The third-order valence-corrected chi connectivity index (χ3v) is 4.03. The van der Waals surface area contributed by atoms with Crippen molar-refractivity contribution in [2.45, 2.75) is 19.6 Å². The number of halogens is 2. The lowest BCUT2D eigenvalue weighted by atomic mass is 10.2. The standard InChI is InChI=1S/C19H15F2N3O5/c1-10(17(26)22-15-8-11(20)6-7-14(15)21)29-16(25)9-24-19(28)13-5-3-2-4-12(13)18(27)23-24/h2-8,10H,9H2,1H3,(H,22,26)(H,23,27). The molecule has 1 amide bonds. The van der Waals surface area contributed by atoms with Crippen molar-refractivity contribution >= 4 is 28.3 Å². The topological polar surface area (TPSA) is 110 Å². The monoisotopic (exact) mass is 403 g/mol. The van der Waals surface area contributed by atoms with Crippen molar-refractivity contribution in [1.29, 1.82) is 0 Å². The van der Waals surface area contributed by atoms with Gasteiger partial charge in [-0.2, -0.15) is 0 Å². The number of aromatic amines is 1. The number of hydrogen-bond donors (Lipinski definition) is 2. The minimum atomic E-state index is -1.37. The van der Waals surface area contributed by atoms with E-state index < -0.39 is 53.0 Å². The van der Waals surface area contributed by atoms with Crippen LogP contribution in [0.5, 0.6) is 0 Å². The highest BCUT2D eigenvalue weighted by Gasteiger charge is 2.20. The largest absolute Gasteiger partial charge is 0.451 e. The number of aromatic nitrogens is 2. The molecule has 0 aliphatic heterocycles. The smallest absolute Gasteiger partial charge is 0.328 e. The molecule has 10 heteroatoms. The van der Waals surface area contributed by atoms with E-state index in [1.54, 1.807) is 12.1 Å². The van der Waals surface area contributed by atoms with Gasteiger partial charge in [-0.15, -0.1) is 0 Å². The van der Waals surface area contributed by atoms with Gasteiger partial charge in [-0.1, -0.05) is 12.1 Å². The lowest BCUT2D eigenvalue weighted by molar-refractivity contribution is -0.154. The summed E-state index contributed by atoms with van der Waals surface area (Å²) in [5.41, 5.74) is -1.59. The van der Waals surface area contributed by atoms with Crippen LogP contribution in [-0.4, -0.2) is 27.8 Å². The van der Waals surface area contributed by atoms with Crippen molar-refractivity contribution in [3.63, 3.8) is 0 Å². The third kappa shape index (κ3) is 4.37. The van der Waals surface area contributed by atoms with Crippen LogP contribution in [0.2, 0.25) is 0 Å². The lowest BCUT2D eigenvalue weighted by Crippen LogP contribution is -2.36. The fourth-order valence-electron chi connectivity index (χ4n) is 2.60. The zero-order valence-electron chi connectivity index (χ0n) is 15.1. The fraction of sp³-hybridized carbons (Fsp3) is 0.158. The average Bonchev–Trinajstić information content (AvgIpc) is 2.68. The number of H-pyrrole nitrogens is 1. The average molecular weight is 403 g/mol. The SMILES string of the molecule is CC(OC(=O)Cn1[nH]c(=O)c2ccccc2c1=O)C(=O)Nc1cc(F)ccc1F. The fourth-order valence-corrected chi connectivity index (χ4v) is 2.60. The second-order valence-electron chi connectivity index (χ2n) is 6.12. The van der Waals surface area contributed by atoms with Crippen molar-refractivity contribution in [2.24, 2.45) is 0 Å². The summed E-state index contributed by atoms with van der Waals surface area (Å²) in [6, 6.07) is 8.58. The van der Waals surface area contributed by atoms with Gasteiger partial charge < -0.3 is 10.1 Å². The van der Waals surface area contributed by atoms with Crippen LogP contribution in [0.15, 0.2) is 52.1 Å². The summed E-state index contributed by atoms with van der Waals surface area (Å²) in [7, 11) is 0. The Labute approximate surface area is 161 Å². The van der Waals surface area contributed by atoms with Crippen molar-refractivity contribution in [3.05, 3.63) is 74.8 Å². The maximum atomic E-state index is 13.6. The van der Waals surface area contributed by atoms with E-state index >= 15 is 0 Å².